The van der Waals surface area contributed by atoms with Gasteiger partial charge < -0.3 is 15.2 Å². The van der Waals surface area contributed by atoms with Crippen molar-refractivity contribution in [3.8, 4) is 5.75 Å². The van der Waals surface area contributed by atoms with Crippen LogP contribution in [0, 0.1) is 0 Å². The number of unbranched alkanes of at least 4 members (excludes halogenated alkanes) is 6. The molecule has 1 aromatic carbocycles. The summed E-state index contributed by atoms with van der Waals surface area (Å²) in [5, 5.41) is 0. The summed E-state index contributed by atoms with van der Waals surface area (Å²) in [4.78, 5) is 12.0. The van der Waals surface area contributed by atoms with E-state index in [-0.39, 0.29) is 5.97 Å². The molecule has 4 nitrogen and oxygen atoms in total. The lowest BCUT2D eigenvalue weighted by Gasteiger charge is -2.13. The third kappa shape index (κ3) is 8.34. The maximum atomic E-state index is 12.0. The number of esters is 1. The zero-order chi connectivity index (χ0) is 17.6. The maximum Gasteiger partial charge on any atom is 0.327 e. The topological polar surface area (TPSA) is 61.5 Å². The molecule has 0 spiro atoms. The van der Waals surface area contributed by atoms with Crippen molar-refractivity contribution in [2.75, 3.05) is 13.2 Å². The van der Waals surface area contributed by atoms with E-state index in [0.29, 0.717) is 13.2 Å². The number of hydrogen-bond donors (Lipinski definition) is 1. The van der Waals surface area contributed by atoms with E-state index >= 15 is 0 Å². The molecular weight excluding hydrogens is 302 g/mol. The zero-order valence-electron chi connectivity index (χ0n) is 15.3. The van der Waals surface area contributed by atoms with Gasteiger partial charge in [0.25, 0.3) is 0 Å². The summed E-state index contributed by atoms with van der Waals surface area (Å²) in [6, 6.07) is 6.64. The molecule has 4 heteroatoms. The highest BCUT2D eigenvalue weighted by Gasteiger charge is 2.17. The normalized spacial score (nSPS) is 12.0. The van der Waals surface area contributed by atoms with Crippen molar-refractivity contribution in [1.82, 2.24) is 0 Å². The fraction of sp³-hybridized carbons (Fsp3) is 0.650. The molecule has 0 heterocycles. The Kier molecular flexibility index (Phi) is 10.9. The van der Waals surface area contributed by atoms with Crippen LogP contribution in [0.25, 0.3) is 0 Å². The van der Waals surface area contributed by atoms with Gasteiger partial charge in [0.05, 0.1) is 13.2 Å². The average Bonchev–Trinajstić information content (AvgIpc) is 2.61. The quantitative estimate of drug-likeness (QED) is 0.417. The van der Waals surface area contributed by atoms with Crippen LogP contribution in [-0.2, 0) is 9.53 Å². The van der Waals surface area contributed by atoms with E-state index in [1.54, 1.807) is 0 Å². The fourth-order valence-corrected chi connectivity index (χ4v) is 2.39. The molecule has 2 N–H and O–H groups in total. The highest BCUT2D eigenvalue weighted by Crippen LogP contribution is 2.18. The molecular formula is C20H33NO3. The zero-order valence-corrected chi connectivity index (χ0v) is 15.3. The summed E-state index contributed by atoms with van der Waals surface area (Å²) in [6.07, 6.45) is 9.14. The fourth-order valence-electron chi connectivity index (χ4n) is 2.39. The molecule has 0 aromatic heterocycles. The Morgan fingerprint density at radius 1 is 0.917 bits per heavy atom. The lowest BCUT2D eigenvalue weighted by atomic mass is 10.1. The van der Waals surface area contributed by atoms with Crippen LogP contribution in [0.1, 0.15) is 76.8 Å². The minimum absolute atomic E-state index is 0.358. The van der Waals surface area contributed by atoms with Gasteiger partial charge in [0.15, 0.2) is 0 Å². The van der Waals surface area contributed by atoms with Crippen LogP contribution in [0.4, 0.5) is 0 Å². The van der Waals surface area contributed by atoms with E-state index in [0.717, 1.165) is 37.0 Å². The van der Waals surface area contributed by atoms with Crippen LogP contribution < -0.4 is 10.5 Å². The van der Waals surface area contributed by atoms with Gasteiger partial charge in [-0.2, -0.15) is 0 Å². The summed E-state index contributed by atoms with van der Waals surface area (Å²) in [5.74, 6) is 0.447. The molecule has 0 bridgehead atoms. The van der Waals surface area contributed by atoms with E-state index < -0.39 is 6.04 Å². The lowest BCUT2D eigenvalue weighted by molar-refractivity contribution is -0.145. The second kappa shape index (κ2) is 12.8. The second-order valence-corrected chi connectivity index (χ2v) is 6.18. The van der Waals surface area contributed by atoms with E-state index in [2.05, 4.69) is 13.8 Å². The number of ether oxygens (including phenoxy) is 2. The van der Waals surface area contributed by atoms with Gasteiger partial charge in [-0.25, -0.2) is 4.79 Å². The van der Waals surface area contributed by atoms with Gasteiger partial charge in [-0.1, -0.05) is 64.5 Å². The first-order chi connectivity index (χ1) is 11.7. The molecule has 0 aliphatic carbocycles. The van der Waals surface area contributed by atoms with Gasteiger partial charge >= 0.3 is 5.97 Å². The van der Waals surface area contributed by atoms with E-state index in [1.165, 1.54) is 25.7 Å². The Morgan fingerprint density at radius 2 is 1.54 bits per heavy atom. The van der Waals surface area contributed by atoms with Gasteiger partial charge in [-0.05, 0) is 30.5 Å². The van der Waals surface area contributed by atoms with Crippen molar-refractivity contribution in [2.45, 2.75) is 71.3 Å². The van der Waals surface area contributed by atoms with Crippen LogP contribution in [0.15, 0.2) is 24.3 Å². The molecule has 0 aliphatic rings. The molecule has 0 amide bonds. The van der Waals surface area contributed by atoms with Crippen molar-refractivity contribution in [1.29, 1.82) is 0 Å². The van der Waals surface area contributed by atoms with Crippen molar-refractivity contribution in [3.05, 3.63) is 29.8 Å². The Balaban J connectivity index is 2.27. The number of carbonyl (C=O) groups excluding carboxylic acids is 1. The lowest BCUT2D eigenvalue weighted by Crippen LogP contribution is -2.24. The second-order valence-electron chi connectivity index (χ2n) is 6.18. The maximum absolute atomic E-state index is 12.0. The van der Waals surface area contributed by atoms with Gasteiger partial charge in [-0.3, -0.25) is 0 Å². The summed E-state index contributed by atoms with van der Waals surface area (Å²) >= 11 is 0. The third-order valence-corrected chi connectivity index (χ3v) is 4.00. The predicted molar refractivity (Wildman–Crippen MR) is 98.1 cm³/mol. The van der Waals surface area contributed by atoms with Crippen LogP contribution >= 0.6 is 0 Å². The monoisotopic (exact) mass is 335 g/mol. The third-order valence-electron chi connectivity index (χ3n) is 4.00. The Bertz CT molecular complexity index is 445. The molecule has 0 saturated heterocycles. The Hall–Kier alpha value is -1.55. The molecule has 0 saturated carbocycles. The van der Waals surface area contributed by atoms with Crippen LogP contribution in [0.2, 0.25) is 0 Å². The first-order valence-corrected chi connectivity index (χ1v) is 9.34. The van der Waals surface area contributed by atoms with Crippen molar-refractivity contribution in [2.24, 2.45) is 5.73 Å². The Labute approximate surface area is 146 Å². The highest BCUT2D eigenvalue weighted by molar-refractivity contribution is 5.77. The van der Waals surface area contributed by atoms with Gasteiger partial charge in [0.1, 0.15) is 11.8 Å². The van der Waals surface area contributed by atoms with E-state index in [9.17, 15) is 4.79 Å². The molecule has 1 aromatic rings. The minimum Gasteiger partial charge on any atom is -0.494 e. The summed E-state index contributed by atoms with van der Waals surface area (Å²) in [6.45, 7) is 5.49. The standard InChI is InChI=1S/C20H33NO3/c1-3-5-7-8-9-10-16-24-20(22)19(21)17-11-13-18(14-12-17)23-15-6-4-2/h11-14,19H,3-10,15-16,21H2,1-2H3/t19-/m1/s1. The molecule has 1 atom stereocenters. The first kappa shape index (κ1) is 20.5. The van der Waals surface area contributed by atoms with Crippen molar-refractivity contribution in [3.63, 3.8) is 0 Å². The van der Waals surface area contributed by atoms with Crippen LogP contribution in [0.3, 0.4) is 0 Å². The number of hydrogen-bond acceptors (Lipinski definition) is 4. The van der Waals surface area contributed by atoms with Gasteiger partial charge in [-0.15, -0.1) is 0 Å². The van der Waals surface area contributed by atoms with E-state index in [4.69, 9.17) is 15.2 Å². The summed E-state index contributed by atoms with van der Waals surface area (Å²) < 4.78 is 10.9. The van der Waals surface area contributed by atoms with Crippen molar-refractivity contribution < 1.29 is 14.3 Å². The number of rotatable bonds is 13. The molecule has 1 rings (SSSR count). The molecule has 0 unspecified atom stereocenters. The number of benzene rings is 1. The molecule has 0 fully saturated rings. The van der Waals surface area contributed by atoms with Crippen LogP contribution in [0.5, 0.6) is 5.75 Å². The summed E-state index contributed by atoms with van der Waals surface area (Å²) in [7, 11) is 0. The first-order valence-electron chi connectivity index (χ1n) is 9.34. The van der Waals surface area contributed by atoms with Gasteiger partial charge in [0, 0.05) is 0 Å². The minimum atomic E-state index is -0.727. The predicted octanol–water partition coefficient (Wildman–Crippen LogP) is 4.77. The number of nitrogens with two attached hydrogens (primary N) is 1. The smallest absolute Gasteiger partial charge is 0.327 e. The molecule has 24 heavy (non-hydrogen) atoms. The Morgan fingerprint density at radius 3 is 2.21 bits per heavy atom. The SMILES string of the molecule is CCCCCCCCOC(=O)[C@H](N)c1ccc(OCCCC)cc1. The summed E-state index contributed by atoms with van der Waals surface area (Å²) in [5.41, 5.74) is 6.73. The van der Waals surface area contributed by atoms with Crippen molar-refractivity contribution >= 4 is 5.97 Å². The highest BCUT2D eigenvalue weighted by atomic mass is 16.5. The molecule has 0 aliphatic heterocycles. The van der Waals surface area contributed by atoms with Gasteiger partial charge in [0.2, 0.25) is 0 Å². The average molecular weight is 335 g/mol. The van der Waals surface area contributed by atoms with E-state index in [1.807, 2.05) is 24.3 Å². The van der Waals surface area contributed by atoms with Crippen LogP contribution in [-0.4, -0.2) is 19.2 Å². The number of carbonyl (C=O) groups is 1. The molecule has 0 radical (unpaired) electrons. The largest absolute Gasteiger partial charge is 0.494 e. The molecule has 136 valence electrons.